The SMILES string of the molecule is C=CC[C@@]1(C(=O)NCc2cccc3ccccc23)N=C(c2ccc(OCCCO)cc2)O[C@@H]1c1ccccc1Br. The molecular formula is C33H31BrN2O4. The van der Waals surface area contributed by atoms with Gasteiger partial charge >= 0.3 is 0 Å². The zero-order valence-corrected chi connectivity index (χ0v) is 23.6. The van der Waals surface area contributed by atoms with E-state index in [0.29, 0.717) is 31.2 Å². The summed E-state index contributed by atoms with van der Waals surface area (Å²) in [7, 11) is 0. The molecule has 0 bridgehead atoms. The van der Waals surface area contributed by atoms with Crippen LogP contribution in [0.2, 0.25) is 0 Å². The lowest BCUT2D eigenvalue weighted by molar-refractivity contribution is -0.129. The Balaban J connectivity index is 1.49. The molecular weight excluding hydrogens is 568 g/mol. The number of amides is 1. The van der Waals surface area contributed by atoms with E-state index in [0.717, 1.165) is 31.9 Å². The molecule has 0 aliphatic carbocycles. The summed E-state index contributed by atoms with van der Waals surface area (Å²) in [6.07, 6.45) is 1.88. The minimum Gasteiger partial charge on any atom is -0.494 e. The molecule has 1 aliphatic heterocycles. The molecule has 7 heteroatoms. The van der Waals surface area contributed by atoms with Crippen molar-refractivity contribution in [2.75, 3.05) is 13.2 Å². The van der Waals surface area contributed by atoms with Crippen LogP contribution in [0.25, 0.3) is 10.8 Å². The summed E-state index contributed by atoms with van der Waals surface area (Å²) < 4.78 is 13.0. The van der Waals surface area contributed by atoms with Crippen LogP contribution in [0.5, 0.6) is 5.75 Å². The van der Waals surface area contributed by atoms with Gasteiger partial charge in [-0.15, -0.1) is 6.58 Å². The number of carbonyl (C=O) groups is 1. The summed E-state index contributed by atoms with van der Waals surface area (Å²) in [4.78, 5) is 19.1. The summed E-state index contributed by atoms with van der Waals surface area (Å²) >= 11 is 3.65. The van der Waals surface area contributed by atoms with Crippen molar-refractivity contribution in [2.45, 2.75) is 31.0 Å². The van der Waals surface area contributed by atoms with E-state index in [-0.39, 0.29) is 18.9 Å². The molecule has 204 valence electrons. The van der Waals surface area contributed by atoms with Crippen LogP contribution in [-0.2, 0) is 16.1 Å². The highest BCUT2D eigenvalue weighted by Gasteiger charge is 2.52. The first kappa shape index (κ1) is 27.6. The number of hydrogen-bond acceptors (Lipinski definition) is 5. The van der Waals surface area contributed by atoms with E-state index >= 15 is 0 Å². The van der Waals surface area contributed by atoms with Crippen LogP contribution in [0.4, 0.5) is 0 Å². The van der Waals surface area contributed by atoms with Crippen LogP contribution in [0.1, 0.15) is 35.6 Å². The Bertz CT molecular complexity index is 1530. The van der Waals surface area contributed by atoms with E-state index in [4.69, 9.17) is 19.6 Å². The number of aliphatic imine (C=N–C) groups is 1. The van der Waals surface area contributed by atoms with E-state index < -0.39 is 11.6 Å². The Kier molecular flexibility index (Phi) is 8.63. The molecule has 40 heavy (non-hydrogen) atoms. The molecule has 6 nitrogen and oxygen atoms in total. The van der Waals surface area contributed by atoms with Gasteiger partial charge in [0.2, 0.25) is 5.90 Å². The van der Waals surface area contributed by atoms with Crippen LogP contribution in [-0.4, -0.2) is 35.7 Å². The largest absolute Gasteiger partial charge is 0.494 e. The molecule has 4 aromatic rings. The average molecular weight is 600 g/mol. The molecule has 0 unspecified atom stereocenters. The van der Waals surface area contributed by atoms with Crippen molar-refractivity contribution in [1.29, 1.82) is 0 Å². The first-order valence-corrected chi connectivity index (χ1v) is 14.1. The Hall–Kier alpha value is -3.94. The minimum absolute atomic E-state index is 0.0765. The lowest BCUT2D eigenvalue weighted by Crippen LogP contribution is -2.47. The molecule has 5 rings (SSSR count). The molecule has 0 spiro atoms. The standard InChI is InChI=1S/C33H31BrN2O4/c1-2-19-33(32(38)35-22-25-11-7-10-23-9-3-4-12-27(23)25)30(28-13-5-6-14-29(28)34)40-31(36-33)24-15-17-26(18-16-24)39-21-8-20-37/h2-7,9-18,30,37H,1,8,19-22H2,(H,35,38)/t30-,33-/m1/s1. The summed E-state index contributed by atoms with van der Waals surface area (Å²) in [6, 6.07) is 29.3. The molecule has 0 aromatic heterocycles. The number of ether oxygens (including phenoxy) is 2. The number of carbonyl (C=O) groups excluding carboxylic acids is 1. The molecule has 4 aromatic carbocycles. The molecule has 2 atom stereocenters. The van der Waals surface area contributed by atoms with Crippen LogP contribution in [0.15, 0.2) is 113 Å². The van der Waals surface area contributed by atoms with E-state index in [9.17, 15) is 4.79 Å². The molecule has 1 amide bonds. The predicted molar refractivity (Wildman–Crippen MR) is 161 cm³/mol. The number of hydrogen-bond donors (Lipinski definition) is 2. The molecule has 0 saturated carbocycles. The highest BCUT2D eigenvalue weighted by molar-refractivity contribution is 9.10. The maximum atomic E-state index is 14.1. The van der Waals surface area contributed by atoms with Crippen LogP contribution >= 0.6 is 15.9 Å². The predicted octanol–water partition coefficient (Wildman–Crippen LogP) is 6.51. The van der Waals surface area contributed by atoms with Crippen LogP contribution in [0, 0.1) is 0 Å². The smallest absolute Gasteiger partial charge is 0.252 e. The Morgan fingerprint density at radius 3 is 2.58 bits per heavy atom. The summed E-state index contributed by atoms with van der Waals surface area (Å²) in [6.45, 7) is 4.81. The van der Waals surface area contributed by atoms with Gasteiger partial charge in [0, 0.05) is 41.6 Å². The van der Waals surface area contributed by atoms with Crippen molar-refractivity contribution in [3.05, 3.63) is 125 Å². The van der Waals surface area contributed by atoms with Gasteiger partial charge < -0.3 is 19.9 Å². The van der Waals surface area contributed by atoms with E-state index in [1.165, 1.54) is 0 Å². The number of rotatable bonds is 11. The average Bonchev–Trinajstić information content (AvgIpc) is 3.37. The number of aliphatic hydroxyl groups excluding tert-OH is 1. The second kappa shape index (κ2) is 12.5. The zero-order valence-electron chi connectivity index (χ0n) is 22.1. The molecule has 0 fully saturated rings. The van der Waals surface area contributed by atoms with Gasteiger partial charge in [0.1, 0.15) is 5.75 Å². The van der Waals surface area contributed by atoms with E-state index in [2.05, 4.69) is 46.0 Å². The number of nitrogens with one attached hydrogen (secondary N) is 1. The maximum absolute atomic E-state index is 14.1. The number of fused-ring (bicyclic) bond motifs is 1. The number of benzene rings is 4. The Labute approximate surface area is 242 Å². The normalized spacial score (nSPS) is 18.1. The van der Waals surface area contributed by atoms with Crippen molar-refractivity contribution >= 4 is 38.5 Å². The summed E-state index contributed by atoms with van der Waals surface area (Å²) in [5.74, 6) is 0.827. The third-order valence-electron chi connectivity index (χ3n) is 6.99. The van der Waals surface area contributed by atoms with Gasteiger partial charge in [0.25, 0.3) is 5.91 Å². The Morgan fingerprint density at radius 2 is 1.80 bits per heavy atom. The second-order valence-electron chi connectivity index (χ2n) is 9.62. The second-order valence-corrected chi connectivity index (χ2v) is 10.5. The molecule has 1 aliphatic rings. The van der Waals surface area contributed by atoms with Crippen molar-refractivity contribution in [3.8, 4) is 5.75 Å². The first-order chi connectivity index (χ1) is 19.6. The van der Waals surface area contributed by atoms with Crippen molar-refractivity contribution in [1.82, 2.24) is 5.32 Å². The topological polar surface area (TPSA) is 80.2 Å². The first-order valence-electron chi connectivity index (χ1n) is 13.3. The van der Waals surface area contributed by atoms with Gasteiger partial charge in [0.05, 0.1) is 6.61 Å². The highest BCUT2D eigenvalue weighted by atomic mass is 79.9. The van der Waals surface area contributed by atoms with Crippen LogP contribution < -0.4 is 10.1 Å². The molecule has 2 N–H and O–H groups in total. The fourth-order valence-corrected chi connectivity index (χ4v) is 5.47. The third-order valence-corrected chi connectivity index (χ3v) is 7.71. The number of halogens is 1. The van der Waals surface area contributed by atoms with E-state index in [1.807, 2.05) is 72.8 Å². The fourth-order valence-electron chi connectivity index (χ4n) is 4.98. The van der Waals surface area contributed by atoms with Gasteiger partial charge in [-0.25, -0.2) is 4.99 Å². The van der Waals surface area contributed by atoms with Gasteiger partial charge in [-0.05, 0) is 46.7 Å². The summed E-state index contributed by atoms with van der Waals surface area (Å²) in [5.41, 5.74) is 1.33. The highest BCUT2D eigenvalue weighted by Crippen LogP contribution is 2.44. The molecule has 1 heterocycles. The number of aliphatic hydroxyl groups is 1. The molecule has 0 radical (unpaired) electrons. The fraction of sp³-hybridized carbons (Fsp3) is 0.212. The van der Waals surface area contributed by atoms with E-state index in [1.54, 1.807) is 6.08 Å². The number of nitrogens with zero attached hydrogens (tertiary/aromatic N) is 1. The summed E-state index contributed by atoms with van der Waals surface area (Å²) in [5, 5.41) is 14.4. The lowest BCUT2D eigenvalue weighted by Gasteiger charge is -2.30. The monoisotopic (exact) mass is 598 g/mol. The zero-order chi connectivity index (χ0) is 28.0. The minimum atomic E-state index is -1.26. The van der Waals surface area contributed by atoms with Crippen molar-refractivity contribution in [2.24, 2.45) is 4.99 Å². The van der Waals surface area contributed by atoms with Crippen LogP contribution in [0.3, 0.4) is 0 Å². The quantitative estimate of drug-likeness (QED) is 0.152. The maximum Gasteiger partial charge on any atom is 0.252 e. The van der Waals surface area contributed by atoms with Gasteiger partial charge in [-0.3, -0.25) is 4.79 Å². The molecule has 0 saturated heterocycles. The Morgan fingerprint density at radius 1 is 1.05 bits per heavy atom. The third kappa shape index (κ3) is 5.67. The van der Waals surface area contributed by atoms with Crippen molar-refractivity contribution in [3.63, 3.8) is 0 Å². The lowest BCUT2D eigenvalue weighted by atomic mass is 9.84. The van der Waals surface area contributed by atoms with Gasteiger partial charge in [0.15, 0.2) is 11.6 Å². The van der Waals surface area contributed by atoms with Gasteiger partial charge in [-0.2, -0.15) is 0 Å². The van der Waals surface area contributed by atoms with Crippen molar-refractivity contribution < 1.29 is 19.4 Å². The van der Waals surface area contributed by atoms with Gasteiger partial charge in [-0.1, -0.05) is 82.7 Å².